The van der Waals surface area contributed by atoms with E-state index in [9.17, 15) is 0 Å². The molecule has 0 bridgehead atoms. The van der Waals surface area contributed by atoms with Crippen LogP contribution >= 0.6 is 12.2 Å². The molecule has 0 saturated heterocycles. The van der Waals surface area contributed by atoms with Crippen LogP contribution in [0.1, 0.15) is 18.1 Å². The van der Waals surface area contributed by atoms with Gasteiger partial charge < -0.3 is 15.8 Å². The molecule has 0 aliphatic heterocycles. The Kier molecular flexibility index (Phi) is 5.22. The van der Waals surface area contributed by atoms with Crippen molar-refractivity contribution >= 4 is 22.9 Å². The molecule has 16 heavy (non-hydrogen) atoms. The number of aryl methyl sites for hydroxylation is 1. The third-order valence-corrected chi connectivity index (χ3v) is 2.43. The standard InChI is InChI=1S/C12H18N2OS/c1-3-15-7-6-14-11-8-9(2)4-5-10(11)12(13)16/h4-5,8,14H,3,6-7H2,1-2H3,(H2,13,16). The van der Waals surface area contributed by atoms with Crippen LogP contribution in [0.2, 0.25) is 0 Å². The van der Waals surface area contributed by atoms with Crippen molar-refractivity contribution in [2.45, 2.75) is 13.8 Å². The lowest BCUT2D eigenvalue weighted by Crippen LogP contribution is -2.16. The van der Waals surface area contributed by atoms with Crippen LogP contribution in [0.25, 0.3) is 0 Å². The van der Waals surface area contributed by atoms with Crippen LogP contribution in [0, 0.1) is 6.92 Å². The van der Waals surface area contributed by atoms with Crippen molar-refractivity contribution in [2.75, 3.05) is 25.1 Å². The lowest BCUT2D eigenvalue weighted by atomic mass is 10.1. The molecule has 1 aromatic rings. The SMILES string of the molecule is CCOCCNc1cc(C)ccc1C(N)=S. The number of thiocarbonyl (C=S) groups is 1. The predicted octanol–water partition coefficient (Wildman–Crippen LogP) is 2.08. The van der Waals surface area contributed by atoms with Crippen molar-refractivity contribution in [1.82, 2.24) is 0 Å². The molecule has 0 fully saturated rings. The monoisotopic (exact) mass is 238 g/mol. The van der Waals surface area contributed by atoms with Crippen LogP contribution in [-0.4, -0.2) is 24.7 Å². The largest absolute Gasteiger partial charge is 0.389 e. The minimum Gasteiger partial charge on any atom is -0.389 e. The molecule has 0 aliphatic carbocycles. The highest BCUT2D eigenvalue weighted by atomic mass is 32.1. The Morgan fingerprint density at radius 2 is 2.25 bits per heavy atom. The fourth-order valence-electron chi connectivity index (χ4n) is 1.42. The summed E-state index contributed by atoms with van der Waals surface area (Å²) in [5, 5.41) is 3.28. The number of ether oxygens (including phenoxy) is 1. The van der Waals surface area contributed by atoms with E-state index in [0.717, 1.165) is 24.4 Å². The highest BCUT2D eigenvalue weighted by Crippen LogP contribution is 2.17. The Labute approximate surface area is 102 Å². The average Bonchev–Trinajstić information content (AvgIpc) is 2.24. The molecular formula is C12H18N2OS. The topological polar surface area (TPSA) is 47.3 Å². The number of rotatable bonds is 6. The van der Waals surface area contributed by atoms with E-state index in [1.807, 2.05) is 32.0 Å². The van der Waals surface area contributed by atoms with E-state index < -0.39 is 0 Å². The molecule has 0 amide bonds. The molecule has 1 rings (SSSR count). The molecule has 0 heterocycles. The number of nitrogens with one attached hydrogen (secondary N) is 1. The maximum atomic E-state index is 5.66. The van der Waals surface area contributed by atoms with Gasteiger partial charge in [-0.1, -0.05) is 18.3 Å². The smallest absolute Gasteiger partial charge is 0.106 e. The van der Waals surface area contributed by atoms with Crippen LogP contribution in [0.3, 0.4) is 0 Å². The van der Waals surface area contributed by atoms with Gasteiger partial charge in [0.25, 0.3) is 0 Å². The number of hydrogen-bond donors (Lipinski definition) is 2. The fourth-order valence-corrected chi connectivity index (χ4v) is 1.60. The summed E-state index contributed by atoms with van der Waals surface area (Å²) in [4.78, 5) is 0.416. The summed E-state index contributed by atoms with van der Waals surface area (Å²) >= 11 is 5.00. The van der Waals surface area contributed by atoms with Gasteiger partial charge in [0.1, 0.15) is 4.99 Å². The second-order valence-corrected chi connectivity index (χ2v) is 3.98. The lowest BCUT2D eigenvalue weighted by molar-refractivity contribution is 0.158. The molecule has 3 N–H and O–H groups in total. The van der Waals surface area contributed by atoms with Gasteiger partial charge >= 0.3 is 0 Å². The summed E-state index contributed by atoms with van der Waals surface area (Å²) < 4.78 is 5.26. The number of benzene rings is 1. The first-order valence-electron chi connectivity index (χ1n) is 5.37. The Hall–Kier alpha value is -1.13. The van der Waals surface area contributed by atoms with E-state index in [0.29, 0.717) is 11.6 Å². The number of anilines is 1. The molecule has 0 atom stereocenters. The van der Waals surface area contributed by atoms with Gasteiger partial charge in [0, 0.05) is 24.4 Å². The second-order valence-electron chi connectivity index (χ2n) is 3.54. The minimum atomic E-state index is 0.416. The average molecular weight is 238 g/mol. The quantitative estimate of drug-likeness (QED) is 0.588. The maximum Gasteiger partial charge on any atom is 0.106 e. The van der Waals surface area contributed by atoms with Crippen LogP contribution in [0.5, 0.6) is 0 Å². The first kappa shape index (κ1) is 12.9. The summed E-state index contributed by atoms with van der Waals surface area (Å²) in [6.07, 6.45) is 0. The third-order valence-electron chi connectivity index (χ3n) is 2.21. The number of hydrogen-bond acceptors (Lipinski definition) is 3. The Morgan fingerprint density at radius 3 is 2.88 bits per heavy atom. The van der Waals surface area contributed by atoms with Crippen molar-refractivity contribution < 1.29 is 4.74 Å². The van der Waals surface area contributed by atoms with Crippen LogP contribution < -0.4 is 11.1 Å². The summed E-state index contributed by atoms with van der Waals surface area (Å²) in [6.45, 7) is 6.19. The van der Waals surface area contributed by atoms with E-state index in [2.05, 4.69) is 5.32 Å². The van der Waals surface area contributed by atoms with Crippen LogP contribution in [0.15, 0.2) is 18.2 Å². The van der Waals surface area contributed by atoms with Gasteiger partial charge in [-0.2, -0.15) is 0 Å². The summed E-state index contributed by atoms with van der Waals surface area (Å²) in [5.74, 6) is 0. The molecule has 0 spiro atoms. The van der Waals surface area contributed by atoms with Crippen molar-refractivity contribution in [3.8, 4) is 0 Å². The first-order chi connectivity index (χ1) is 7.65. The molecule has 4 heteroatoms. The van der Waals surface area contributed by atoms with E-state index in [-0.39, 0.29) is 0 Å². The van der Waals surface area contributed by atoms with Gasteiger partial charge in [-0.15, -0.1) is 0 Å². The molecule has 0 aromatic heterocycles. The van der Waals surface area contributed by atoms with Gasteiger partial charge in [-0.25, -0.2) is 0 Å². The van der Waals surface area contributed by atoms with Gasteiger partial charge in [0.2, 0.25) is 0 Å². The summed E-state index contributed by atoms with van der Waals surface area (Å²) in [5.41, 5.74) is 8.70. The van der Waals surface area contributed by atoms with E-state index >= 15 is 0 Å². The molecule has 0 saturated carbocycles. The molecule has 3 nitrogen and oxygen atoms in total. The van der Waals surface area contributed by atoms with Crippen molar-refractivity contribution in [1.29, 1.82) is 0 Å². The molecule has 88 valence electrons. The van der Waals surface area contributed by atoms with Crippen molar-refractivity contribution in [2.24, 2.45) is 5.73 Å². The summed E-state index contributed by atoms with van der Waals surface area (Å²) in [6, 6.07) is 5.99. The Balaban J connectivity index is 2.68. The van der Waals surface area contributed by atoms with Gasteiger partial charge in [-0.3, -0.25) is 0 Å². The van der Waals surface area contributed by atoms with Crippen LogP contribution in [-0.2, 0) is 4.74 Å². The second kappa shape index (κ2) is 6.45. The third kappa shape index (κ3) is 3.79. The van der Waals surface area contributed by atoms with E-state index in [4.69, 9.17) is 22.7 Å². The molecule has 1 aromatic carbocycles. The van der Waals surface area contributed by atoms with E-state index in [1.54, 1.807) is 0 Å². The maximum absolute atomic E-state index is 5.66. The minimum absolute atomic E-state index is 0.416. The summed E-state index contributed by atoms with van der Waals surface area (Å²) in [7, 11) is 0. The molecule has 0 aliphatic rings. The zero-order chi connectivity index (χ0) is 12.0. The van der Waals surface area contributed by atoms with Gasteiger partial charge in [0.05, 0.1) is 6.61 Å². The Morgan fingerprint density at radius 1 is 1.50 bits per heavy atom. The molecule has 0 radical (unpaired) electrons. The van der Waals surface area contributed by atoms with E-state index in [1.165, 1.54) is 5.56 Å². The predicted molar refractivity (Wildman–Crippen MR) is 72.0 cm³/mol. The zero-order valence-electron chi connectivity index (χ0n) is 9.75. The number of nitrogens with two attached hydrogens (primary N) is 1. The highest BCUT2D eigenvalue weighted by molar-refractivity contribution is 7.80. The molecular weight excluding hydrogens is 220 g/mol. The lowest BCUT2D eigenvalue weighted by Gasteiger charge is -2.12. The van der Waals surface area contributed by atoms with Gasteiger partial charge in [-0.05, 0) is 31.5 Å². The van der Waals surface area contributed by atoms with Crippen molar-refractivity contribution in [3.05, 3.63) is 29.3 Å². The Bertz CT molecular complexity index is 366. The van der Waals surface area contributed by atoms with Crippen LogP contribution in [0.4, 0.5) is 5.69 Å². The zero-order valence-corrected chi connectivity index (χ0v) is 10.6. The van der Waals surface area contributed by atoms with Crippen molar-refractivity contribution in [3.63, 3.8) is 0 Å². The van der Waals surface area contributed by atoms with Gasteiger partial charge in [0.15, 0.2) is 0 Å². The molecule has 0 unspecified atom stereocenters. The first-order valence-corrected chi connectivity index (χ1v) is 5.78. The fraction of sp³-hybridized carbons (Fsp3) is 0.417. The highest BCUT2D eigenvalue weighted by Gasteiger charge is 2.04. The normalized spacial score (nSPS) is 10.1.